The number of aliphatic hydroxyl groups excluding tert-OH is 1. The molecular weight excluding hydrogens is 470 g/mol. The Morgan fingerprint density at radius 1 is 1.11 bits per heavy atom. The molecular formula is C25H26F2N6O3. The SMILES string of the molecule is COCC(O)c1cc2nc(-c3cnn(C)c3)c(N3CCC(Oc4ccc(F)cc4F)CC3)nc2cn1. The van der Waals surface area contributed by atoms with E-state index in [9.17, 15) is 13.9 Å². The summed E-state index contributed by atoms with van der Waals surface area (Å²) in [5.41, 5.74) is 3.12. The van der Waals surface area contributed by atoms with Crippen molar-refractivity contribution < 1.29 is 23.4 Å². The number of methoxy groups -OCH3 is 1. The van der Waals surface area contributed by atoms with Crippen LogP contribution in [-0.2, 0) is 11.8 Å². The number of fused-ring (bicyclic) bond motifs is 1. The number of aryl methyl sites for hydroxylation is 1. The maximum atomic E-state index is 14.0. The number of aromatic nitrogens is 5. The second-order valence-electron chi connectivity index (χ2n) is 8.75. The van der Waals surface area contributed by atoms with Crippen molar-refractivity contribution >= 4 is 16.9 Å². The van der Waals surface area contributed by atoms with Gasteiger partial charge in [-0.05, 0) is 18.2 Å². The molecule has 4 aromatic rings. The molecule has 36 heavy (non-hydrogen) atoms. The molecule has 1 aromatic carbocycles. The number of hydrogen-bond acceptors (Lipinski definition) is 8. The minimum atomic E-state index is -0.868. The van der Waals surface area contributed by atoms with Gasteiger partial charge in [-0.2, -0.15) is 5.10 Å². The summed E-state index contributed by atoms with van der Waals surface area (Å²) in [5.74, 6) is -0.607. The standard InChI is InChI=1S/C25H26F2N6O3/c1-32-13-15(11-29-32)24-25(31-21-12-28-20(10-19(21)30-24)22(34)14-35-2)33-7-5-17(6-8-33)36-23-4-3-16(26)9-18(23)27/h3-4,9-13,17,22,34H,5-8,14H2,1-2H3. The van der Waals surface area contributed by atoms with Crippen molar-refractivity contribution in [2.45, 2.75) is 25.0 Å². The molecule has 0 spiro atoms. The van der Waals surface area contributed by atoms with Crippen LogP contribution in [0.5, 0.6) is 5.75 Å². The first-order valence-electron chi connectivity index (χ1n) is 11.6. The van der Waals surface area contributed by atoms with Gasteiger partial charge in [0.2, 0.25) is 0 Å². The summed E-state index contributed by atoms with van der Waals surface area (Å²) < 4.78 is 39.8. The van der Waals surface area contributed by atoms with Gasteiger partial charge in [0.15, 0.2) is 17.4 Å². The van der Waals surface area contributed by atoms with Crippen LogP contribution in [0.1, 0.15) is 24.6 Å². The van der Waals surface area contributed by atoms with E-state index < -0.39 is 17.7 Å². The van der Waals surface area contributed by atoms with Crippen LogP contribution < -0.4 is 9.64 Å². The summed E-state index contributed by atoms with van der Waals surface area (Å²) in [5, 5.41) is 14.6. The van der Waals surface area contributed by atoms with Crippen molar-refractivity contribution in [2.75, 3.05) is 31.7 Å². The zero-order chi connectivity index (χ0) is 25.2. The van der Waals surface area contributed by atoms with E-state index in [-0.39, 0.29) is 18.5 Å². The summed E-state index contributed by atoms with van der Waals surface area (Å²) in [4.78, 5) is 16.2. The van der Waals surface area contributed by atoms with E-state index in [1.807, 2.05) is 13.2 Å². The average molecular weight is 497 g/mol. The Bertz CT molecular complexity index is 1370. The molecule has 1 saturated heterocycles. The zero-order valence-corrected chi connectivity index (χ0v) is 19.9. The number of aliphatic hydroxyl groups is 1. The van der Waals surface area contributed by atoms with Crippen LogP contribution in [0.4, 0.5) is 14.6 Å². The number of nitrogens with zero attached hydrogens (tertiary/aromatic N) is 6. The normalized spacial score (nSPS) is 15.4. The van der Waals surface area contributed by atoms with Gasteiger partial charge in [0.25, 0.3) is 0 Å². The number of anilines is 1. The molecule has 1 unspecified atom stereocenters. The second-order valence-corrected chi connectivity index (χ2v) is 8.75. The third-order valence-corrected chi connectivity index (χ3v) is 6.13. The van der Waals surface area contributed by atoms with Crippen molar-refractivity contribution in [1.29, 1.82) is 0 Å². The largest absolute Gasteiger partial charge is 0.487 e. The first-order chi connectivity index (χ1) is 17.4. The lowest BCUT2D eigenvalue weighted by atomic mass is 10.1. The van der Waals surface area contributed by atoms with Crippen molar-refractivity contribution in [3.63, 3.8) is 0 Å². The number of piperidine rings is 1. The van der Waals surface area contributed by atoms with Crippen molar-refractivity contribution in [1.82, 2.24) is 24.7 Å². The van der Waals surface area contributed by atoms with Crippen LogP contribution in [0.2, 0.25) is 0 Å². The smallest absolute Gasteiger partial charge is 0.167 e. The first kappa shape index (κ1) is 24.0. The monoisotopic (exact) mass is 496 g/mol. The molecule has 0 amide bonds. The van der Waals surface area contributed by atoms with Gasteiger partial charge in [-0.25, -0.2) is 18.7 Å². The van der Waals surface area contributed by atoms with Gasteiger partial charge in [-0.3, -0.25) is 9.67 Å². The van der Waals surface area contributed by atoms with Gasteiger partial charge in [0.05, 0.1) is 30.2 Å². The molecule has 3 aromatic heterocycles. The first-order valence-corrected chi connectivity index (χ1v) is 11.6. The minimum Gasteiger partial charge on any atom is -0.487 e. The number of pyridine rings is 1. The fraction of sp³-hybridized carbons (Fsp3) is 0.360. The van der Waals surface area contributed by atoms with E-state index >= 15 is 0 Å². The molecule has 1 N–H and O–H groups in total. The van der Waals surface area contributed by atoms with E-state index in [1.54, 1.807) is 23.1 Å². The van der Waals surface area contributed by atoms with Crippen LogP contribution in [0, 0.1) is 11.6 Å². The number of benzene rings is 1. The highest BCUT2D eigenvalue weighted by Crippen LogP contribution is 2.32. The predicted molar refractivity (Wildman–Crippen MR) is 129 cm³/mol. The molecule has 1 aliphatic heterocycles. The van der Waals surface area contributed by atoms with Crippen molar-refractivity contribution in [2.24, 2.45) is 7.05 Å². The van der Waals surface area contributed by atoms with Crippen molar-refractivity contribution in [3.8, 4) is 17.0 Å². The summed E-state index contributed by atoms with van der Waals surface area (Å²) in [6.07, 6.45) is 5.38. The number of hydrogen-bond donors (Lipinski definition) is 1. The fourth-order valence-electron chi connectivity index (χ4n) is 4.29. The molecule has 5 rings (SSSR count). The van der Waals surface area contributed by atoms with Gasteiger partial charge < -0.3 is 19.5 Å². The number of halogens is 2. The van der Waals surface area contributed by atoms with Crippen molar-refractivity contribution in [3.05, 3.63) is 60.2 Å². The third-order valence-electron chi connectivity index (χ3n) is 6.13. The number of rotatable bonds is 7. The van der Waals surface area contributed by atoms with E-state index in [0.29, 0.717) is 54.2 Å². The Morgan fingerprint density at radius 3 is 2.61 bits per heavy atom. The van der Waals surface area contributed by atoms with Gasteiger partial charge >= 0.3 is 0 Å². The Hall–Kier alpha value is -3.70. The summed E-state index contributed by atoms with van der Waals surface area (Å²) in [6.45, 7) is 1.34. The lowest BCUT2D eigenvalue weighted by Gasteiger charge is -2.33. The van der Waals surface area contributed by atoms with E-state index in [0.717, 1.165) is 11.6 Å². The summed E-state index contributed by atoms with van der Waals surface area (Å²) in [6, 6.07) is 5.04. The van der Waals surface area contributed by atoms with Crippen LogP contribution in [-0.4, -0.2) is 62.7 Å². The molecule has 4 heterocycles. The highest BCUT2D eigenvalue weighted by Gasteiger charge is 2.26. The van der Waals surface area contributed by atoms with E-state index in [4.69, 9.17) is 19.4 Å². The van der Waals surface area contributed by atoms with Gasteiger partial charge in [0, 0.05) is 57.9 Å². The minimum absolute atomic E-state index is 0.0499. The molecule has 0 bridgehead atoms. The molecule has 1 fully saturated rings. The predicted octanol–water partition coefficient (Wildman–Crippen LogP) is 3.43. The topological polar surface area (TPSA) is 98.4 Å². The Labute approximate surface area is 206 Å². The van der Waals surface area contributed by atoms with Crippen LogP contribution in [0.25, 0.3) is 22.3 Å². The highest BCUT2D eigenvalue weighted by molar-refractivity contribution is 5.83. The third kappa shape index (κ3) is 4.98. The molecule has 0 aliphatic carbocycles. The second kappa shape index (κ2) is 10.1. The molecule has 0 saturated carbocycles. The van der Waals surface area contributed by atoms with E-state index in [2.05, 4.69) is 15.0 Å². The molecule has 9 nitrogen and oxygen atoms in total. The zero-order valence-electron chi connectivity index (χ0n) is 19.9. The maximum Gasteiger partial charge on any atom is 0.167 e. The van der Waals surface area contributed by atoms with E-state index in [1.165, 1.54) is 19.2 Å². The lowest BCUT2D eigenvalue weighted by Crippen LogP contribution is -2.39. The maximum absolute atomic E-state index is 14.0. The molecule has 1 atom stereocenters. The molecule has 11 heteroatoms. The van der Waals surface area contributed by atoms with Gasteiger partial charge in [-0.1, -0.05) is 0 Å². The van der Waals surface area contributed by atoms with Crippen LogP contribution in [0.3, 0.4) is 0 Å². The van der Waals surface area contributed by atoms with Crippen LogP contribution >= 0.6 is 0 Å². The number of ether oxygens (including phenoxy) is 2. The molecule has 1 aliphatic rings. The highest BCUT2D eigenvalue weighted by atomic mass is 19.1. The molecule has 188 valence electrons. The molecule has 0 radical (unpaired) electrons. The Balaban J connectivity index is 1.42. The lowest BCUT2D eigenvalue weighted by molar-refractivity contribution is 0.0618. The fourth-order valence-corrected chi connectivity index (χ4v) is 4.29. The average Bonchev–Trinajstić information content (AvgIpc) is 3.31. The van der Waals surface area contributed by atoms with Crippen LogP contribution in [0.15, 0.2) is 42.9 Å². The van der Waals surface area contributed by atoms with Gasteiger partial charge in [0.1, 0.15) is 29.2 Å². The quantitative estimate of drug-likeness (QED) is 0.416. The Kier molecular flexibility index (Phi) is 6.75. The Morgan fingerprint density at radius 2 is 1.92 bits per heavy atom. The van der Waals surface area contributed by atoms with Gasteiger partial charge in [-0.15, -0.1) is 0 Å². The summed E-state index contributed by atoms with van der Waals surface area (Å²) in [7, 11) is 3.35. The summed E-state index contributed by atoms with van der Waals surface area (Å²) >= 11 is 0.